The minimum atomic E-state index is -2.74. The zero-order chi connectivity index (χ0) is 30.8. The summed E-state index contributed by atoms with van der Waals surface area (Å²) in [5.41, 5.74) is 1.04. The van der Waals surface area contributed by atoms with Crippen molar-refractivity contribution >= 4 is 17.9 Å². The van der Waals surface area contributed by atoms with E-state index in [0.29, 0.717) is 6.54 Å². The maximum Gasteiger partial charge on any atom is 0.336 e. The van der Waals surface area contributed by atoms with Crippen molar-refractivity contribution in [3.63, 3.8) is 0 Å². The van der Waals surface area contributed by atoms with Gasteiger partial charge in [0.05, 0.1) is 33.6 Å². The van der Waals surface area contributed by atoms with Gasteiger partial charge in [0.2, 0.25) is 0 Å². The van der Waals surface area contributed by atoms with Crippen molar-refractivity contribution in [2.45, 2.75) is 62.8 Å². The number of aromatic nitrogens is 2. The molecular formula is C30H37N3O9. The molecule has 0 amide bonds. The highest BCUT2D eigenvalue weighted by atomic mass is 16.5. The normalized spacial score (nSPS) is 14.0. The highest BCUT2D eigenvalue weighted by molar-refractivity contribution is 5.88. The van der Waals surface area contributed by atoms with Crippen LogP contribution in [0.15, 0.2) is 60.9 Å². The number of carboxylic acids is 3. The number of hydrogen-bond acceptors (Lipinski definition) is 8. The highest BCUT2D eigenvalue weighted by Gasteiger charge is 2.40. The first kappa shape index (κ1) is 32.1. The number of carbonyl (C=O) groups is 3. The Morgan fingerprint density at radius 2 is 1.62 bits per heavy atom. The number of carboxylic acid groups (broad SMARTS) is 3. The van der Waals surface area contributed by atoms with Gasteiger partial charge in [0.15, 0.2) is 5.60 Å². The lowest BCUT2D eigenvalue weighted by atomic mass is 9.87. The van der Waals surface area contributed by atoms with Gasteiger partial charge in [-0.05, 0) is 54.3 Å². The van der Waals surface area contributed by atoms with Crippen LogP contribution in [0.25, 0.3) is 0 Å². The molecule has 1 aromatic heterocycles. The number of benzene rings is 2. The van der Waals surface area contributed by atoms with Crippen LogP contribution in [-0.4, -0.2) is 67.9 Å². The van der Waals surface area contributed by atoms with Crippen LogP contribution in [0.2, 0.25) is 0 Å². The van der Waals surface area contributed by atoms with E-state index in [1.165, 1.54) is 24.0 Å². The van der Waals surface area contributed by atoms with Gasteiger partial charge in [0, 0.05) is 30.0 Å². The smallest absolute Gasteiger partial charge is 0.336 e. The number of aliphatic hydroxyl groups is 1. The number of hydrogen-bond donors (Lipinski definition) is 5. The molecule has 0 aliphatic heterocycles. The summed E-state index contributed by atoms with van der Waals surface area (Å²) in [4.78, 5) is 30.5. The molecule has 0 atom stereocenters. The van der Waals surface area contributed by atoms with E-state index >= 15 is 0 Å². The lowest BCUT2D eigenvalue weighted by molar-refractivity contribution is -0.170. The van der Waals surface area contributed by atoms with Crippen LogP contribution >= 0.6 is 0 Å². The monoisotopic (exact) mass is 583 g/mol. The second kappa shape index (κ2) is 14.5. The van der Waals surface area contributed by atoms with Crippen molar-refractivity contribution < 1.29 is 44.3 Å². The summed E-state index contributed by atoms with van der Waals surface area (Å²) < 4.78 is 12.8. The molecule has 0 radical (unpaired) electrons. The standard InChI is InChI=1S/C24H29N3O2.C6H8O7/c1-28-22-9-7-21(8-10-22)24(12-3-4-13-24)25-17-19-6-11-23(29-2)20(16-19)18-27-15-5-14-26-27;7-3(8)1-6(13,5(11)12)2-4(9)10/h5-11,14-16,25H,3-4,12-13,17-18H2,1-2H3;13H,1-2H2,(H,7,8)(H,9,10)(H,11,12). The highest BCUT2D eigenvalue weighted by Crippen LogP contribution is 2.39. The van der Waals surface area contributed by atoms with Crippen LogP contribution in [0.4, 0.5) is 0 Å². The number of rotatable bonds is 13. The fraction of sp³-hybridized carbons (Fsp3) is 0.400. The first-order chi connectivity index (χ1) is 20.0. The minimum Gasteiger partial charge on any atom is -0.497 e. The van der Waals surface area contributed by atoms with Crippen molar-refractivity contribution in [2.24, 2.45) is 0 Å². The fourth-order valence-corrected chi connectivity index (χ4v) is 5.08. The van der Waals surface area contributed by atoms with Crippen molar-refractivity contribution in [2.75, 3.05) is 14.2 Å². The minimum absolute atomic E-state index is 0.0361. The number of nitrogens with one attached hydrogen (secondary N) is 1. The molecule has 42 heavy (non-hydrogen) atoms. The Hall–Kier alpha value is -4.42. The van der Waals surface area contributed by atoms with E-state index in [1.807, 2.05) is 16.9 Å². The Labute approximate surface area is 243 Å². The van der Waals surface area contributed by atoms with E-state index in [-0.39, 0.29) is 5.54 Å². The molecule has 3 aromatic rings. The van der Waals surface area contributed by atoms with E-state index in [4.69, 9.17) is 29.9 Å². The number of aliphatic carboxylic acids is 3. The van der Waals surface area contributed by atoms with Crippen LogP contribution in [0.5, 0.6) is 11.5 Å². The zero-order valence-corrected chi connectivity index (χ0v) is 23.7. The van der Waals surface area contributed by atoms with E-state index in [2.05, 4.69) is 52.9 Å². The van der Waals surface area contributed by atoms with Gasteiger partial charge in [-0.2, -0.15) is 5.10 Å². The molecular weight excluding hydrogens is 546 g/mol. The molecule has 1 aliphatic carbocycles. The topological polar surface area (TPSA) is 180 Å². The molecule has 1 heterocycles. The third-order valence-corrected chi connectivity index (χ3v) is 7.25. The molecule has 1 saturated carbocycles. The molecule has 0 saturated heterocycles. The predicted octanol–water partition coefficient (Wildman–Crippen LogP) is 3.26. The lowest BCUT2D eigenvalue weighted by Crippen LogP contribution is -2.42. The van der Waals surface area contributed by atoms with Crippen molar-refractivity contribution in [3.8, 4) is 11.5 Å². The Morgan fingerprint density at radius 3 is 2.12 bits per heavy atom. The van der Waals surface area contributed by atoms with Gasteiger partial charge in [-0.3, -0.25) is 14.3 Å². The van der Waals surface area contributed by atoms with Crippen LogP contribution in [0.1, 0.15) is 55.2 Å². The summed E-state index contributed by atoms with van der Waals surface area (Å²) in [5.74, 6) is -3.22. The Kier molecular flexibility index (Phi) is 11.1. The first-order valence-corrected chi connectivity index (χ1v) is 13.4. The summed E-state index contributed by atoms with van der Waals surface area (Å²) in [7, 11) is 3.43. The van der Waals surface area contributed by atoms with Crippen molar-refractivity contribution in [3.05, 3.63) is 77.6 Å². The van der Waals surface area contributed by atoms with E-state index in [9.17, 15) is 14.4 Å². The molecule has 0 unspecified atom stereocenters. The van der Waals surface area contributed by atoms with Gasteiger partial charge in [-0.25, -0.2) is 4.79 Å². The zero-order valence-electron chi connectivity index (χ0n) is 23.7. The fourth-order valence-electron chi connectivity index (χ4n) is 5.08. The van der Waals surface area contributed by atoms with Crippen molar-refractivity contribution in [1.82, 2.24) is 15.1 Å². The average molecular weight is 584 g/mol. The SMILES string of the molecule is COc1ccc(C2(NCc3ccc(OC)c(Cn4cccn4)c3)CCCC2)cc1.O=C(O)CC(O)(CC(=O)O)C(=O)O. The molecule has 4 rings (SSSR count). The molecule has 226 valence electrons. The quantitative estimate of drug-likeness (QED) is 0.199. The molecule has 0 bridgehead atoms. The summed E-state index contributed by atoms with van der Waals surface area (Å²) in [5, 5.41) is 42.0. The summed E-state index contributed by atoms with van der Waals surface area (Å²) >= 11 is 0. The predicted molar refractivity (Wildman–Crippen MR) is 151 cm³/mol. The average Bonchev–Trinajstić information content (AvgIpc) is 3.65. The van der Waals surface area contributed by atoms with Crippen molar-refractivity contribution in [1.29, 1.82) is 0 Å². The van der Waals surface area contributed by atoms with Gasteiger partial charge in [0.25, 0.3) is 0 Å². The maximum absolute atomic E-state index is 10.3. The molecule has 12 nitrogen and oxygen atoms in total. The van der Waals surface area contributed by atoms with Gasteiger partial charge < -0.3 is 35.2 Å². The van der Waals surface area contributed by atoms with Gasteiger partial charge in [-0.1, -0.05) is 31.0 Å². The van der Waals surface area contributed by atoms with Gasteiger partial charge >= 0.3 is 17.9 Å². The summed E-state index contributed by atoms with van der Waals surface area (Å²) in [6.07, 6.45) is 6.32. The third kappa shape index (κ3) is 8.54. The van der Waals surface area contributed by atoms with E-state index in [1.54, 1.807) is 20.4 Å². The molecule has 2 aromatic carbocycles. The molecule has 1 aliphatic rings. The lowest BCUT2D eigenvalue weighted by Gasteiger charge is -2.31. The molecule has 5 N–H and O–H groups in total. The Balaban J connectivity index is 0.000000316. The van der Waals surface area contributed by atoms with Gasteiger partial charge in [-0.15, -0.1) is 0 Å². The molecule has 12 heteroatoms. The van der Waals surface area contributed by atoms with Crippen LogP contribution in [-0.2, 0) is 33.0 Å². The van der Waals surface area contributed by atoms with Crippen LogP contribution < -0.4 is 14.8 Å². The Bertz CT molecular complexity index is 1320. The summed E-state index contributed by atoms with van der Waals surface area (Å²) in [6, 6.07) is 16.9. The Morgan fingerprint density at radius 1 is 0.976 bits per heavy atom. The molecule has 0 spiro atoms. The largest absolute Gasteiger partial charge is 0.497 e. The second-order valence-corrected chi connectivity index (χ2v) is 10.2. The number of methoxy groups -OCH3 is 2. The first-order valence-electron chi connectivity index (χ1n) is 13.4. The summed E-state index contributed by atoms with van der Waals surface area (Å²) in [6.45, 7) is 1.52. The van der Waals surface area contributed by atoms with E-state index < -0.39 is 36.4 Å². The molecule has 1 fully saturated rings. The number of ether oxygens (including phenoxy) is 2. The van der Waals surface area contributed by atoms with Crippen LogP contribution in [0, 0.1) is 0 Å². The maximum atomic E-state index is 10.3. The second-order valence-electron chi connectivity index (χ2n) is 10.2. The third-order valence-electron chi connectivity index (χ3n) is 7.25. The van der Waals surface area contributed by atoms with Crippen LogP contribution in [0.3, 0.4) is 0 Å². The van der Waals surface area contributed by atoms with Gasteiger partial charge in [0.1, 0.15) is 11.5 Å². The van der Waals surface area contributed by atoms with E-state index in [0.717, 1.165) is 36.4 Å². The number of nitrogens with zero attached hydrogens (tertiary/aromatic N) is 2.